The average Bonchev–Trinajstić information content (AvgIpc) is 3.12. The Morgan fingerprint density at radius 3 is 1.33 bits per heavy atom. The second kappa shape index (κ2) is 38.0. The molecule has 318 valence electrons. The largest absolute Gasteiger partial charge is 0.477 e. The summed E-state index contributed by atoms with van der Waals surface area (Å²) in [6, 6.07) is -0.610. The molecule has 0 aromatic rings. The van der Waals surface area contributed by atoms with Crippen LogP contribution in [0.4, 0.5) is 0 Å². The van der Waals surface area contributed by atoms with Crippen LogP contribution in [-0.2, 0) is 28.6 Å². The Bertz CT molecular complexity index is 900. The fourth-order valence-corrected chi connectivity index (χ4v) is 6.85. The maximum Gasteiger partial charge on any atom is 0.362 e. The van der Waals surface area contributed by atoms with Gasteiger partial charge in [-0.1, -0.05) is 167 Å². The van der Waals surface area contributed by atoms with Gasteiger partial charge in [0.25, 0.3) is 0 Å². The van der Waals surface area contributed by atoms with Crippen molar-refractivity contribution in [1.29, 1.82) is 0 Å². The van der Waals surface area contributed by atoms with Crippen molar-refractivity contribution >= 4 is 17.9 Å². The number of allylic oxidation sites excluding steroid dienone is 2. The Kier molecular flexibility index (Phi) is 36.6. The van der Waals surface area contributed by atoms with Gasteiger partial charge in [-0.3, -0.25) is 9.59 Å². The molecule has 0 aromatic heterocycles. The van der Waals surface area contributed by atoms with Crippen LogP contribution in [0.5, 0.6) is 0 Å². The molecule has 2 atom stereocenters. The van der Waals surface area contributed by atoms with Gasteiger partial charge < -0.3 is 23.8 Å². The van der Waals surface area contributed by atoms with Gasteiger partial charge in [-0.05, 0) is 38.5 Å². The van der Waals surface area contributed by atoms with Gasteiger partial charge in [0.2, 0.25) is 0 Å². The lowest BCUT2D eigenvalue weighted by Gasteiger charge is -2.31. The van der Waals surface area contributed by atoms with Gasteiger partial charge in [-0.15, -0.1) is 0 Å². The third-order valence-electron chi connectivity index (χ3n) is 10.4. The minimum absolute atomic E-state index is 0.0479. The van der Waals surface area contributed by atoms with Gasteiger partial charge in [0.1, 0.15) is 6.61 Å². The van der Waals surface area contributed by atoms with Crippen molar-refractivity contribution in [2.24, 2.45) is 0 Å². The van der Waals surface area contributed by atoms with Crippen LogP contribution in [0, 0.1) is 0 Å². The normalized spacial score (nSPS) is 13.0. The molecule has 8 nitrogen and oxygen atoms in total. The number of hydrogen-bond donors (Lipinski definition) is 1. The highest BCUT2D eigenvalue weighted by atomic mass is 16.6. The van der Waals surface area contributed by atoms with Gasteiger partial charge in [0, 0.05) is 19.3 Å². The number of carbonyl (C=O) groups excluding carboxylic acids is 2. The van der Waals surface area contributed by atoms with Crippen molar-refractivity contribution < 1.29 is 38.2 Å². The van der Waals surface area contributed by atoms with E-state index in [9.17, 15) is 19.5 Å². The summed E-state index contributed by atoms with van der Waals surface area (Å²) in [5.74, 6) is -1.46. The molecule has 0 spiro atoms. The van der Waals surface area contributed by atoms with Crippen molar-refractivity contribution in [2.75, 3.05) is 41.0 Å². The van der Waals surface area contributed by atoms with E-state index in [-0.39, 0.29) is 36.2 Å². The van der Waals surface area contributed by atoms with E-state index in [2.05, 4.69) is 26.0 Å². The molecule has 0 aliphatic carbocycles. The molecule has 0 rings (SSSR count). The number of aliphatic carboxylic acids is 1. The molecule has 0 aliphatic heterocycles. The predicted molar refractivity (Wildman–Crippen MR) is 225 cm³/mol. The average molecular weight is 767 g/mol. The number of ether oxygens (including phenoxy) is 3. The first-order valence-electron chi connectivity index (χ1n) is 22.7. The molecule has 0 fully saturated rings. The summed E-state index contributed by atoms with van der Waals surface area (Å²) in [6.45, 7) is 4.73. The zero-order valence-electron chi connectivity index (χ0n) is 36.2. The number of likely N-dealkylation sites (N-methyl/N-ethyl adjacent to an activating group) is 1. The molecule has 0 aromatic carbocycles. The van der Waals surface area contributed by atoms with E-state index in [4.69, 9.17) is 14.2 Å². The molecule has 0 aliphatic rings. The van der Waals surface area contributed by atoms with E-state index in [1.165, 1.54) is 141 Å². The molecule has 0 bridgehead atoms. The van der Waals surface area contributed by atoms with Crippen LogP contribution in [0.2, 0.25) is 0 Å². The van der Waals surface area contributed by atoms with Crippen LogP contribution >= 0.6 is 0 Å². The van der Waals surface area contributed by atoms with Gasteiger partial charge >= 0.3 is 17.9 Å². The van der Waals surface area contributed by atoms with E-state index in [0.717, 1.165) is 38.5 Å². The Hall–Kier alpha value is -1.93. The molecule has 8 heteroatoms. The summed E-state index contributed by atoms with van der Waals surface area (Å²) in [4.78, 5) is 36.9. The lowest BCUT2D eigenvalue weighted by atomic mass is 10.1. The van der Waals surface area contributed by atoms with E-state index in [1.807, 2.05) is 21.1 Å². The standard InChI is InChI=1S/C46H87NO7/c1-6-8-10-12-14-16-17-18-19-20-21-22-23-24-25-26-27-29-30-32-34-36-44(48)53-41-42(40-52-39-38-43(46(50)51)47(3,4)5)54-45(49)37-35-33-31-28-15-13-11-9-7-2/h22-23,42-43H,6-21,24-41H2,1-5H3/p+1/b23-22+. The van der Waals surface area contributed by atoms with Crippen molar-refractivity contribution in [3.8, 4) is 0 Å². The van der Waals surface area contributed by atoms with E-state index in [1.54, 1.807) is 0 Å². The summed E-state index contributed by atoms with van der Waals surface area (Å²) in [5, 5.41) is 9.60. The van der Waals surface area contributed by atoms with Crippen molar-refractivity contribution in [1.82, 2.24) is 0 Å². The van der Waals surface area contributed by atoms with Crippen molar-refractivity contribution in [3.05, 3.63) is 12.2 Å². The predicted octanol–water partition coefficient (Wildman–Crippen LogP) is 12.3. The maximum absolute atomic E-state index is 12.6. The summed E-state index contributed by atoms with van der Waals surface area (Å²) >= 11 is 0. The first-order chi connectivity index (χ1) is 26.1. The Morgan fingerprint density at radius 2 is 0.926 bits per heavy atom. The maximum atomic E-state index is 12.6. The molecule has 0 saturated carbocycles. The van der Waals surface area contributed by atoms with Crippen LogP contribution in [0.1, 0.15) is 213 Å². The molecule has 0 heterocycles. The Morgan fingerprint density at radius 1 is 0.537 bits per heavy atom. The highest BCUT2D eigenvalue weighted by Gasteiger charge is 2.31. The number of nitrogens with zero attached hydrogens (tertiary/aromatic N) is 1. The number of unbranched alkanes of at least 4 members (excludes halogenated alkanes) is 25. The highest BCUT2D eigenvalue weighted by molar-refractivity contribution is 5.72. The molecule has 2 unspecified atom stereocenters. The zero-order chi connectivity index (χ0) is 40.0. The summed E-state index contributed by atoms with van der Waals surface area (Å²) in [7, 11) is 5.53. The molecule has 0 radical (unpaired) electrons. The van der Waals surface area contributed by atoms with E-state index < -0.39 is 18.1 Å². The fraction of sp³-hybridized carbons (Fsp3) is 0.891. The zero-order valence-corrected chi connectivity index (χ0v) is 36.2. The van der Waals surface area contributed by atoms with Crippen molar-refractivity contribution in [2.45, 2.75) is 225 Å². The Balaban J connectivity index is 4.17. The van der Waals surface area contributed by atoms with Crippen LogP contribution < -0.4 is 0 Å². The topological polar surface area (TPSA) is 99.1 Å². The van der Waals surface area contributed by atoms with Crippen LogP contribution in [0.3, 0.4) is 0 Å². The minimum Gasteiger partial charge on any atom is -0.477 e. The fourth-order valence-electron chi connectivity index (χ4n) is 6.85. The number of rotatable bonds is 41. The van der Waals surface area contributed by atoms with Crippen molar-refractivity contribution in [3.63, 3.8) is 0 Å². The smallest absolute Gasteiger partial charge is 0.362 e. The van der Waals surface area contributed by atoms with E-state index >= 15 is 0 Å². The number of quaternary nitrogens is 1. The van der Waals surface area contributed by atoms with Gasteiger partial charge in [0.05, 0.1) is 34.4 Å². The van der Waals surface area contributed by atoms with Crippen LogP contribution in [-0.4, -0.2) is 80.6 Å². The number of hydrogen-bond acceptors (Lipinski definition) is 6. The monoisotopic (exact) mass is 767 g/mol. The Labute approximate surface area is 333 Å². The van der Waals surface area contributed by atoms with Crippen LogP contribution in [0.15, 0.2) is 12.2 Å². The number of carboxylic acids is 1. The molecular formula is C46H88NO7+. The summed E-state index contributed by atoms with van der Waals surface area (Å²) in [6.07, 6.45) is 39.8. The second-order valence-electron chi connectivity index (χ2n) is 16.7. The van der Waals surface area contributed by atoms with Gasteiger partial charge in [-0.2, -0.15) is 0 Å². The third-order valence-corrected chi connectivity index (χ3v) is 10.4. The minimum atomic E-state index is -0.874. The first-order valence-corrected chi connectivity index (χ1v) is 22.7. The van der Waals surface area contributed by atoms with Gasteiger partial charge in [-0.25, -0.2) is 4.79 Å². The third kappa shape index (κ3) is 35.8. The summed E-state index contributed by atoms with van der Waals surface area (Å²) in [5.41, 5.74) is 0. The summed E-state index contributed by atoms with van der Waals surface area (Å²) < 4.78 is 17.2. The molecular weight excluding hydrogens is 679 g/mol. The SMILES string of the molecule is CCCCCCCCCCCC/C=C/CCCCCCCCCC(=O)OCC(COCCC(C(=O)O)[N+](C)(C)C)OC(=O)CCCCCCCCCCC. The highest BCUT2D eigenvalue weighted by Crippen LogP contribution is 2.15. The lowest BCUT2D eigenvalue weighted by Crippen LogP contribution is -2.50. The second-order valence-corrected chi connectivity index (χ2v) is 16.7. The van der Waals surface area contributed by atoms with Crippen LogP contribution in [0.25, 0.3) is 0 Å². The van der Waals surface area contributed by atoms with E-state index in [0.29, 0.717) is 19.3 Å². The number of carbonyl (C=O) groups is 3. The molecule has 1 N–H and O–H groups in total. The molecule has 54 heavy (non-hydrogen) atoms. The molecule has 0 saturated heterocycles. The number of carboxylic acid groups (broad SMARTS) is 1. The number of esters is 2. The van der Waals surface area contributed by atoms with Gasteiger partial charge in [0.15, 0.2) is 12.1 Å². The first kappa shape index (κ1) is 52.1. The lowest BCUT2D eigenvalue weighted by molar-refractivity contribution is -0.887. The molecule has 0 amide bonds. The quantitative estimate of drug-likeness (QED) is 0.0286.